The first-order valence-corrected chi connectivity index (χ1v) is 6.78. The second-order valence-corrected chi connectivity index (χ2v) is 5.41. The van der Waals surface area contributed by atoms with Crippen LogP contribution in [-0.4, -0.2) is 32.8 Å². The van der Waals surface area contributed by atoms with Gasteiger partial charge in [-0.3, -0.25) is 4.39 Å². The van der Waals surface area contributed by atoms with Gasteiger partial charge in [-0.2, -0.15) is 0 Å². The highest BCUT2D eigenvalue weighted by molar-refractivity contribution is 5.49. The van der Waals surface area contributed by atoms with Crippen molar-refractivity contribution in [2.24, 2.45) is 5.92 Å². The Kier molecular flexibility index (Phi) is 4.58. The van der Waals surface area contributed by atoms with Gasteiger partial charge in [0.05, 0.1) is 19.3 Å². The maximum atomic E-state index is 13.2. The van der Waals surface area contributed by atoms with Crippen molar-refractivity contribution >= 4 is 5.69 Å². The fourth-order valence-corrected chi connectivity index (χ4v) is 2.61. The summed E-state index contributed by atoms with van der Waals surface area (Å²) in [5.74, 6) is -2.84. The summed E-state index contributed by atoms with van der Waals surface area (Å²) in [6, 6.07) is 7.25. The van der Waals surface area contributed by atoms with Crippen LogP contribution in [0.2, 0.25) is 0 Å². The molecule has 1 aliphatic rings. The van der Waals surface area contributed by atoms with E-state index in [1.54, 1.807) is 31.1 Å². The van der Waals surface area contributed by atoms with Crippen LogP contribution in [0.4, 0.5) is 18.9 Å². The molecule has 0 unspecified atom stereocenters. The minimum atomic E-state index is -2.60. The molecule has 1 aliphatic heterocycles. The Morgan fingerprint density at radius 1 is 1.30 bits per heavy atom. The number of alkyl halides is 3. The van der Waals surface area contributed by atoms with Crippen LogP contribution < -0.4 is 4.90 Å². The molecule has 0 amide bonds. The first-order valence-electron chi connectivity index (χ1n) is 6.78. The number of hydrogen-bond acceptors (Lipinski definition) is 2. The van der Waals surface area contributed by atoms with E-state index in [2.05, 4.69) is 0 Å². The number of halogens is 3. The number of anilines is 1. The molecule has 2 atom stereocenters. The maximum Gasteiger partial charge on any atom is 0.266 e. The second-order valence-electron chi connectivity index (χ2n) is 5.41. The Balaban J connectivity index is 2.10. The monoisotopic (exact) mass is 287 g/mol. The van der Waals surface area contributed by atoms with Crippen LogP contribution >= 0.6 is 0 Å². The molecule has 2 nitrogen and oxygen atoms in total. The van der Waals surface area contributed by atoms with Crippen molar-refractivity contribution in [3.8, 4) is 0 Å². The predicted octanol–water partition coefficient (Wildman–Crippen LogP) is 3.83. The van der Waals surface area contributed by atoms with E-state index in [1.807, 2.05) is 12.1 Å². The topological polar surface area (TPSA) is 12.5 Å². The standard InChI is InChI=1S/C15H20F3NO/c1-11(9-16)14(20-2)12-3-5-13(6-4-12)19-8-7-15(17,18)10-19/h3-6,11,14H,7-10H2,1-2H3/t11-,14+/m1/s1. The van der Waals surface area contributed by atoms with E-state index >= 15 is 0 Å². The first-order chi connectivity index (χ1) is 9.46. The Labute approximate surface area is 117 Å². The van der Waals surface area contributed by atoms with E-state index < -0.39 is 12.6 Å². The van der Waals surface area contributed by atoms with Gasteiger partial charge in [-0.15, -0.1) is 0 Å². The molecular formula is C15H20F3NO. The molecule has 20 heavy (non-hydrogen) atoms. The fraction of sp³-hybridized carbons (Fsp3) is 0.600. The zero-order chi connectivity index (χ0) is 14.8. The molecule has 0 spiro atoms. The van der Waals surface area contributed by atoms with Gasteiger partial charge in [0.25, 0.3) is 5.92 Å². The molecule has 112 valence electrons. The zero-order valence-corrected chi connectivity index (χ0v) is 11.8. The summed E-state index contributed by atoms with van der Waals surface area (Å²) < 4.78 is 44.4. The van der Waals surface area contributed by atoms with E-state index in [0.717, 1.165) is 11.3 Å². The summed E-state index contributed by atoms with van der Waals surface area (Å²) in [6.45, 7) is 1.45. The van der Waals surface area contributed by atoms with Gasteiger partial charge in [-0.1, -0.05) is 19.1 Å². The molecule has 1 fully saturated rings. The number of rotatable bonds is 5. The summed E-state index contributed by atoms with van der Waals surface area (Å²) >= 11 is 0. The van der Waals surface area contributed by atoms with Crippen LogP contribution in [0.3, 0.4) is 0 Å². The molecule has 0 saturated carbocycles. The van der Waals surface area contributed by atoms with Crippen molar-refractivity contribution in [1.82, 2.24) is 0 Å². The van der Waals surface area contributed by atoms with Gasteiger partial charge in [0, 0.05) is 31.7 Å². The minimum absolute atomic E-state index is 0.103. The van der Waals surface area contributed by atoms with E-state index in [9.17, 15) is 13.2 Å². The molecule has 0 bridgehead atoms. The van der Waals surface area contributed by atoms with Crippen molar-refractivity contribution in [3.05, 3.63) is 29.8 Å². The molecule has 0 aromatic heterocycles. The van der Waals surface area contributed by atoms with E-state index in [-0.39, 0.29) is 25.0 Å². The average Bonchev–Trinajstić information content (AvgIpc) is 2.80. The van der Waals surface area contributed by atoms with Crippen molar-refractivity contribution in [2.75, 3.05) is 31.8 Å². The van der Waals surface area contributed by atoms with Gasteiger partial charge >= 0.3 is 0 Å². The third kappa shape index (κ3) is 3.26. The average molecular weight is 287 g/mol. The Bertz CT molecular complexity index is 435. The van der Waals surface area contributed by atoms with Crippen LogP contribution in [0.5, 0.6) is 0 Å². The predicted molar refractivity (Wildman–Crippen MR) is 73.1 cm³/mol. The van der Waals surface area contributed by atoms with Gasteiger partial charge in [-0.25, -0.2) is 8.78 Å². The second kappa shape index (κ2) is 6.04. The lowest BCUT2D eigenvalue weighted by molar-refractivity contribution is 0.0257. The summed E-state index contributed by atoms with van der Waals surface area (Å²) in [6.07, 6.45) is -0.414. The molecule has 1 aromatic carbocycles. The zero-order valence-electron chi connectivity index (χ0n) is 11.8. The quantitative estimate of drug-likeness (QED) is 0.816. The first kappa shape index (κ1) is 15.2. The van der Waals surface area contributed by atoms with Crippen molar-refractivity contribution < 1.29 is 17.9 Å². The highest BCUT2D eigenvalue weighted by Gasteiger charge is 2.38. The van der Waals surface area contributed by atoms with Crippen LogP contribution in [0, 0.1) is 5.92 Å². The molecule has 1 heterocycles. The van der Waals surface area contributed by atoms with E-state index in [1.165, 1.54) is 0 Å². The number of hydrogen-bond donors (Lipinski definition) is 0. The third-order valence-corrected chi connectivity index (χ3v) is 3.77. The smallest absolute Gasteiger partial charge is 0.266 e. The van der Waals surface area contributed by atoms with Gasteiger partial charge in [0.2, 0.25) is 0 Å². The lowest BCUT2D eigenvalue weighted by Gasteiger charge is -2.22. The molecular weight excluding hydrogens is 267 g/mol. The lowest BCUT2D eigenvalue weighted by atomic mass is 9.98. The van der Waals surface area contributed by atoms with Gasteiger partial charge < -0.3 is 9.64 Å². The van der Waals surface area contributed by atoms with Gasteiger partial charge in [0.1, 0.15) is 0 Å². The van der Waals surface area contributed by atoms with Crippen LogP contribution in [0.25, 0.3) is 0 Å². The minimum Gasteiger partial charge on any atom is -0.376 e. The molecule has 0 N–H and O–H groups in total. The SMILES string of the molecule is CO[C@H](c1ccc(N2CCC(F)(F)C2)cc1)[C@H](C)CF. The van der Waals surface area contributed by atoms with Crippen LogP contribution in [-0.2, 0) is 4.74 Å². The highest BCUT2D eigenvalue weighted by Crippen LogP contribution is 2.32. The van der Waals surface area contributed by atoms with Crippen molar-refractivity contribution in [2.45, 2.75) is 25.4 Å². The largest absolute Gasteiger partial charge is 0.376 e. The van der Waals surface area contributed by atoms with Crippen LogP contribution in [0.1, 0.15) is 25.0 Å². The van der Waals surface area contributed by atoms with Gasteiger partial charge in [-0.05, 0) is 17.7 Å². The van der Waals surface area contributed by atoms with Crippen molar-refractivity contribution in [1.29, 1.82) is 0 Å². The Hall–Kier alpha value is -1.23. The maximum absolute atomic E-state index is 13.2. The summed E-state index contributed by atoms with van der Waals surface area (Å²) in [7, 11) is 1.55. The molecule has 1 saturated heterocycles. The number of methoxy groups -OCH3 is 1. The highest BCUT2D eigenvalue weighted by atomic mass is 19.3. The van der Waals surface area contributed by atoms with E-state index in [0.29, 0.717) is 6.54 Å². The number of benzene rings is 1. The number of nitrogens with zero attached hydrogens (tertiary/aromatic N) is 1. The molecule has 5 heteroatoms. The molecule has 0 radical (unpaired) electrons. The summed E-state index contributed by atoms with van der Waals surface area (Å²) in [5.41, 5.74) is 1.64. The summed E-state index contributed by atoms with van der Waals surface area (Å²) in [5, 5.41) is 0. The van der Waals surface area contributed by atoms with Crippen molar-refractivity contribution in [3.63, 3.8) is 0 Å². The van der Waals surface area contributed by atoms with Gasteiger partial charge in [0.15, 0.2) is 0 Å². The summed E-state index contributed by atoms with van der Waals surface area (Å²) in [4.78, 5) is 1.67. The number of ether oxygens (including phenoxy) is 1. The normalized spacial score (nSPS) is 20.9. The Morgan fingerprint density at radius 3 is 2.40 bits per heavy atom. The molecule has 0 aliphatic carbocycles. The molecule has 2 rings (SSSR count). The third-order valence-electron chi connectivity index (χ3n) is 3.77. The fourth-order valence-electron chi connectivity index (χ4n) is 2.61. The van der Waals surface area contributed by atoms with E-state index in [4.69, 9.17) is 4.74 Å². The van der Waals surface area contributed by atoms with Crippen LogP contribution in [0.15, 0.2) is 24.3 Å². The Morgan fingerprint density at radius 2 is 1.95 bits per heavy atom. The molecule has 1 aromatic rings. The lowest BCUT2D eigenvalue weighted by Crippen LogP contribution is -2.24.